The molecule has 0 radical (unpaired) electrons. The molecular formula is C9H13N5O2. The van der Waals surface area contributed by atoms with Crippen LogP contribution in [-0.4, -0.2) is 41.9 Å². The van der Waals surface area contributed by atoms with E-state index in [2.05, 4.69) is 15.3 Å². The molecule has 0 aliphatic rings. The molecule has 7 nitrogen and oxygen atoms in total. The molecule has 0 bridgehead atoms. The van der Waals surface area contributed by atoms with Gasteiger partial charge in [0.15, 0.2) is 0 Å². The fraction of sp³-hybridized carbons (Fsp3) is 0.333. The third-order valence-electron chi connectivity index (χ3n) is 1.73. The number of anilines is 1. The lowest BCUT2D eigenvalue weighted by atomic mass is 10.5. The lowest BCUT2D eigenvalue weighted by Crippen LogP contribution is -2.39. The van der Waals surface area contributed by atoms with Gasteiger partial charge in [0.25, 0.3) is 0 Å². The number of likely N-dealkylation sites (N-methyl/N-ethyl adjacent to an activating group) is 1. The molecular weight excluding hydrogens is 210 g/mol. The van der Waals surface area contributed by atoms with Crippen molar-refractivity contribution in [3.63, 3.8) is 0 Å². The zero-order valence-electron chi connectivity index (χ0n) is 8.88. The Morgan fingerprint density at radius 3 is 2.62 bits per heavy atom. The molecule has 0 spiro atoms. The van der Waals surface area contributed by atoms with Crippen LogP contribution in [0.5, 0.6) is 0 Å². The number of nitrogens with two attached hydrogens (primary N) is 1. The summed E-state index contributed by atoms with van der Waals surface area (Å²) in [5.74, 6) is -0.447. The van der Waals surface area contributed by atoms with Gasteiger partial charge < -0.3 is 16.0 Å². The van der Waals surface area contributed by atoms with Crippen LogP contribution < -0.4 is 16.0 Å². The number of carbonyl (C=O) groups excluding carboxylic acids is 2. The molecule has 3 N–H and O–H groups in total. The maximum absolute atomic E-state index is 11.3. The summed E-state index contributed by atoms with van der Waals surface area (Å²) in [5.41, 5.74) is 4.89. The minimum absolute atomic E-state index is 0.0668. The number of nitrogens with one attached hydrogen (secondary N) is 1. The van der Waals surface area contributed by atoms with Crippen molar-refractivity contribution in [1.29, 1.82) is 0 Å². The van der Waals surface area contributed by atoms with Crippen molar-refractivity contribution in [2.45, 2.75) is 0 Å². The molecule has 1 aromatic heterocycles. The number of hydrogen-bond donors (Lipinski definition) is 2. The van der Waals surface area contributed by atoms with Crippen molar-refractivity contribution in [2.24, 2.45) is 5.73 Å². The number of rotatable bonds is 5. The van der Waals surface area contributed by atoms with Crippen molar-refractivity contribution in [3.8, 4) is 0 Å². The Hall–Kier alpha value is -2.18. The van der Waals surface area contributed by atoms with E-state index in [1.807, 2.05) is 0 Å². The predicted molar refractivity (Wildman–Crippen MR) is 57.5 cm³/mol. The van der Waals surface area contributed by atoms with Crippen LogP contribution in [0.1, 0.15) is 0 Å². The third-order valence-corrected chi connectivity index (χ3v) is 1.73. The van der Waals surface area contributed by atoms with Crippen LogP contribution in [0.2, 0.25) is 0 Å². The molecule has 0 fully saturated rings. The molecule has 0 aromatic carbocycles. The lowest BCUT2D eigenvalue weighted by Gasteiger charge is -2.15. The Kier molecular flexibility index (Phi) is 4.19. The number of primary amides is 1. The fourth-order valence-electron chi connectivity index (χ4n) is 1.02. The van der Waals surface area contributed by atoms with Crippen molar-refractivity contribution < 1.29 is 9.59 Å². The van der Waals surface area contributed by atoms with Crippen LogP contribution in [0, 0.1) is 0 Å². The van der Waals surface area contributed by atoms with Crippen LogP contribution >= 0.6 is 0 Å². The van der Waals surface area contributed by atoms with Gasteiger partial charge >= 0.3 is 0 Å². The average Bonchev–Trinajstić information content (AvgIpc) is 2.27. The second-order valence-electron chi connectivity index (χ2n) is 3.15. The molecule has 0 unspecified atom stereocenters. The van der Waals surface area contributed by atoms with E-state index < -0.39 is 5.91 Å². The van der Waals surface area contributed by atoms with Crippen LogP contribution in [0.3, 0.4) is 0 Å². The van der Waals surface area contributed by atoms with E-state index >= 15 is 0 Å². The monoisotopic (exact) mass is 223 g/mol. The van der Waals surface area contributed by atoms with Crippen LogP contribution in [-0.2, 0) is 9.59 Å². The Balaban J connectivity index is 2.43. The zero-order chi connectivity index (χ0) is 12.0. The van der Waals surface area contributed by atoms with Crippen molar-refractivity contribution >= 4 is 17.8 Å². The van der Waals surface area contributed by atoms with Gasteiger partial charge in [-0.25, -0.2) is 9.97 Å². The third kappa shape index (κ3) is 3.91. The number of hydrogen-bond acceptors (Lipinski definition) is 5. The topological polar surface area (TPSA) is 101 Å². The Morgan fingerprint density at radius 1 is 1.44 bits per heavy atom. The van der Waals surface area contributed by atoms with Gasteiger partial charge in [0.1, 0.15) is 0 Å². The second-order valence-corrected chi connectivity index (χ2v) is 3.15. The zero-order valence-corrected chi connectivity index (χ0v) is 8.88. The van der Waals surface area contributed by atoms with Gasteiger partial charge in [-0.1, -0.05) is 0 Å². The highest BCUT2D eigenvalue weighted by molar-refractivity contribution is 5.85. The lowest BCUT2D eigenvalue weighted by molar-refractivity contribution is -0.123. The van der Waals surface area contributed by atoms with Gasteiger partial charge in [-0.15, -0.1) is 0 Å². The minimum Gasteiger partial charge on any atom is -0.368 e. The van der Waals surface area contributed by atoms with E-state index in [1.165, 1.54) is 0 Å². The first kappa shape index (κ1) is 11.9. The first-order valence-electron chi connectivity index (χ1n) is 4.62. The summed E-state index contributed by atoms with van der Waals surface area (Å²) in [6, 6.07) is 1.69. The highest BCUT2D eigenvalue weighted by atomic mass is 16.2. The van der Waals surface area contributed by atoms with Crippen LogP contribution in [0.15, 0.2) is 18.5 Å². The van der Waals surface area contributed by atoms with E-state index in [-0.39, 0.29) is 19.0 Å². The van der Waals surface area contributed by atoms with E-state index in [0.717, 1.165) is 0 Å². The van der Waals surface area contributed by atoms with Gasteiger partial charge in [-0.2, -0.15) is 0 Å². The molecule has 0 saturated heterocycles. The molecule has 0 aliphatic heterocycles. The van der Waals surface area contributed by atoms with Gasteiger partial charge in [-0.05, 0) is 6.07 Å². The molecule has 0 atom stereocenters. The number of aromatic nitrogens is 2. The number of carbonyl (C=O) groups is 2. The van der Waals surface area contributed by atoms with E-state index in [9.17, 15) is 9.59 Å². The molecule has 86 valence electrons. The van der Waals surface area contributed by atoms with Gasteiger partial charge in [0.05, 0.1) is 13.1 Å². The number of amides is 2. The minimum atomic E-state index is -0.577. The molecule has 0 saturated carbocycles. The summed E-state index contributed by atoms with van der Waals surface area (Å²) in [6.45, 7) is -0.0976. The summed E-state index contributed by atoms with van der Waals surface area (Å²) in [7, 11) is 1.68. The van der Waals surface area contributed by atoms with Gasteiger partial charge in [0, 0.05) is 19.4 Å². The van der Waals surface area contributed by atoms with E-state index in [4.69, 9.17) is 5.73 Å². The highest BCUT2D eigenvalue weighted by Gasteiger charge is 2.09. The van der Waals surface area contributed by atoms with E-state index in [1.54, 1.807) is 30.4 Å². The Morgan fingerprint density at radius 2 is 2.06 bits per heavy atom. The normalized spacial score (nSPS) is 9.56. The smallest absolute Gasteiger partial charge is 0.240 e. The fourth-order valence-corrected chi connectivity index (χ4v) is 1.02. The second kappa shape index (κ2) is 5.64. The quantitative estimate of drug-likeness (QED) is 0.633. The molecule has 16 heavy (non-hydrogen) atoms. The molecule has 7 heteroatoms. The summed E-state index contributed by atoms with van der Waals surface area (Å²) in [6.07, 6.45) is 3.17. The largest absolute Gasteiger partial charge is 0.368 e. The Bertz CT molecular complexity index is 367. The highest BCUT2D eigenvalue weighted by Crippen LogP contribution is 2.00. The SMILES string of the molecule is CN(CC(=O)NCC(N)=O)c1ncccn1. The van der Waals surface area contributed by atoms with Crippen LogP contribution in [0.25, 0.3) is 0 Å². The average molecular weight is 223 g/mol. The summed E-state index contributed by atoms with van der Waals surface area (Å²) in [4.78, 5) is 31.2. The maximum Gasteiger partial charge on any atom is 0.240 e. The van der Waals surface area contributed by atoms with Gasteiger partial charge in [-0.3, -0.25) is 9.59 Å². The molecule has 1 heterocycles. The van der Waals surface area contributed by atoms with Crippen molar-refractivity contribution in [2.75, 3.05) is 25.0 Å². The van der Waals surface area contributed by atoms with Crippen molar-refractivity contribution in [1.82, 2.24) is 15.3 Å². The molecule has 2 amide bonds. The van der Waals surface area contributed by atoms with Gasteiger partial charge in [0.2, 0.25) is 17.8 Å². The maximum atomic E-state index is 11.3. The van der Waals surface area contributed by atoms with Crippen molar-refractivity contribution in [3.05, 3.63) is 18.5 Å². The first-order chi connectivity index (χ1) is 7.59. The Labute approximate surface area is 92.7 Å². The standard InChI is InChI=1S/C9H13N5O2/c1-14(9-11-3-2-4-12-9)6-8(16)13-5-7(10)15/h2-4H,5-6H2,1H3,(H2,10,15)(H,13,16). The number of nitrogens with zero attached hydrogens (tertiary/aromatic N) is 3. The predicted octanol–water partition coefficient (Wildman–Crippen LogP) is -1.49. The molecule has 1 rings (SSSR count). The molecule has 0 aliphatic carbocycles. The summed E-state index contributed by atoms with van der Waals surface area (Å²) in [5, 5.41) is 2.37. The summed E-state index contributed by atoms with van der Waals surface area (Å²) >= 11 is 0. The first-order valence-corrected chi connectivity index (χ1v) is 4.62. The van der Waals surface area contributed by atoms with Crippen LogP contribution in [0.4, 0.5) is 5.95 Å². The van der Waals surface area contributed by atoms with E-state index in [0.29, 0.717) is 5.95 Å². The molecule has 1 aromatic rings. The summed E-state index contributed by atoms with van der Waals surface area (Å²) < 4.78 is 0.